The highest BCUT2D eigenvalue weighted by Gasteiger charge is 2.22. The highest BCUT2D eigenvalue weighted by molar-refractivity contribution is 9.10. The lowest BCUT2D eigenvalue weighted by Gasteiger charge is -2.11. The quantitative estimate of drug-likeness (QED) is 0.512. The fourth-order valence-electron chi connectivity index (χ4n) is 2.53. The minimum absolute atomic E-state index is 0.264. The predicted octanol–water partition coefficient (Wildman–Crippen LogP) is 5.63. The van der Waals surface area contributed by atoms with Crippen LogP contribution in [0.15, 0.2) is 46.9 Å². The van der Waals surface area contributed by atoms with E-state index < -0.39 is 0 Å². The minimum Gasteiger partial charge on any atom is -0.320 e. The maximum Gasteiger partial charge on any atom is 0.276 e. The molecule has 0 saturated heterocycles. The molecule has 0 aliphatic heterocycles. The predicted molar refractivity (Wildman–Crippen MR) is 115 cm³/mol. The van der Waals surface area contributed by atoms with Crippen molar-refractivity contribution in [2.45, 2.75) is 19.7 Å². The number of hydrogen-bond donors (Lipinski definition) is 1. The molecule has 0 atom stereocenters. The van der Waals surface area contributed by atoms with Gasteiger partial charge in [0.1, 0.15) is 5.69 Å². The normalized spacial score (nSPS) is 10.8. The molecule has 0 aliphatic carbocycles. The summed E-state index contributed by atoms with van der Waals surface area (Å²) in [6, 6.07) is 13.1. The Morgan fingerprint density at radius 3 is 2.70 bits per heavy atom. The van der Waals surface area contributed by atoms with Crippen LogP contribution in [0, 0.1) is 6.92 Å². The molecule has 8 heteroatoms. The van der Waals surface area contributed by atoms with Gasteiger partial charge in [0.2, 0.25) is 0 Å². The molecule has 1 amide bonds. The summed E-state index contributed by atoms with van der Waals surface area (Å²) in [4.78, 5) is 13.1. The van der Waals surface area contributed by atoms with Crippen LogP contribution in [0.3, 0.4) is 0 Å². The van der Waals surface area contributed by atoms with Crippen LogP contribution in [-0.4, -0.2) is 26.7 Å². The van der Waals surface area contributed by atoms with Crippen molar-refractivity contribution in [2.75, 3.05) is 11.1 Å². The first kappa shape index (κ1) is 19.9. The van der Waals surface area contributed by atoms with Crippen molar-refractivity contribution >= 4 is 50.9 Å². The first-order chi connectivity index (χ1) is 13.0. The fourth-order valence-corrected chi connectivity index (χ4v) is 3.51. The van der Waals surface area contributed by atoms with E-state index >= 15 is 0 Å². The van der Waals surface area contributed by atoms with Crippen molar-refractivity contribution in [1.29, 1.82) is 0 Å². The molecule has 0 fully saturated rings. The van der Waals surface area contributed by atoms with Gasteiger partial charge in [-0.1, -0.05) is 57.9 Å². The average molecular weight is 466 g/mol. The van der Waals surface area contributed by atoms with Crippen molar-refractivity contribution in [3.8, 4) is 11.3 Å². The van der Waals surface area contributed by atoms with Gasteiger partial charge in [0.15, 0.2) is 5.69 Å². The number of nitrogens with zero attached hydrogens (tertiary/aromatic N) is 3. The molecule has 0 unspecified atom stereocenters. The monoisotopic (exact) mass is 464 g/mol. The fraction of sp³-hybridized carbons (Fsp3) is 0.211. The molecule has 27 heavy (non-hydrogen) atoms. The van der Waals surface area contributed by atoms with Gasteiger partial charge in [-0.05, 0) is 42.5 Å². The Labute approximate surface area is 175 Å². The molecule has 0 saturated carbocycles. The largest absolute Gasteiger partial charge is 0.320 e. The number of thioether (sulfide) groups is 1. The van der Waals surface area contributed by atoms with Crippen molar-refractivity contribution in [1.82, 2.24) is 15.0 Å². The summed E-state index contributed by atoms with van der Waals surface area (Å²) in [5, 5.41) is 12.0. The molecule has 2 aromatic carbocycles. The van der Waals surface area contributed by atoms with Crippen molar-refractivity contribution in [3.05, 3.63) is 63.2 Å². The van der Waals surface area contributed by atoms with E-state index in [0.29, 0.717) is 28.0 Å². The second-order valence-corrected chi connectivity index (χ2v) is 8.35. The Kier molecular flexibility index (Phi) is 6.57. The zero-order valence-corrected chi connectivity index (χ0v) is 18.0. The summed E-state index contributed by atoms with van der Waals surface area (Å²) in [6.45, 7) is 3.93. The summed E-state index contributed by atoms with van der Waals surface area (Å²) in [7, 11) is 0. The van der Waals surface area contributed by atoms with Gasteiger partial charge < -0.3 is 5.32 Å². The standard InChI is InChI=1S/C19H18BrClN4OS/c1-3-27-11-25-18(17(23-24-25)13-7-9-14(20)10-8-13)19(26)22-16-6-4-5-15(21)12(16)2/h4-10H,3,11H2,1-2H3,(H,22,26). The number of carbonyl (C=O) groups is 1. The number of halogens is 2. The van der Waals surface area contributed by atoms with E-state index in [4.69, 9.17) is 11.6 Å². The molecule has 0 radical (unpaired) electrons. The lowest BCUT2D eigenvalue weighted by atomic mass is 10.1. The van der Waals surface area contributed by atoms with E-state index in [1.165, 1.54) is 0 Å². The Morgan fingerprint density at radius 2 is 2.00 bits per heavy atom. The van der Waals surface area contributed by atoms with Gasteiger partial charge in [-0.3, -0.25) is 4.79 Å². The Hall–Kier alpha value is -1.83. The third-order valence-electron chi connectivity index (χ3n) is 4.00. The number of amides is 1. The van der Waals surface area contributed by atoms with Crippen LogP contribution in [0.2, 0.25) is 5.02 Å². The maximum absolute atomic E-state index is 13.1. The van der Waals surface area contributed by atoms with E-state index in [-0.39, 0.29) is 5.91 Å². The molecular formula is C19H18BrClN4OS. The molecule has 3 rings (SSSR count). The molecular weight excluding hydrogens is 448 g/mol. The zero-order chi connectivity index (χ0) is 19.4. The summed E-state index contributed by atoms with van der Waals surface area (Å²) in [6.07, 6.45) is 0. The van der Waals surface area contributed by atoms with Gasteiger partial charge in [-0.25, -0.2) is 4.68 Å². The van der Waals surface area contributed by atoms with Crippen LogP contribution in [-0.2, 0) is 5.88 Å². The molecule has 1 heterocycles. The molecule has 5 nitrogen and oxygen atoms in total. The van der Waals surface area contributed by atoms with Gasteiger partial charge >= 0.3 is 0 Å². The van der Waals surface area contributed by atoms with Crippen LogP contribution in [0.5, 0.6) is 0 Å². The highest BCUT2D eigenvalue weighted by atomic mass is 79.9. The number of nitrogens with one attached hydrogen (secondary N) is 1. The number of benzene rings is 2. The van der Waals surface area contributed by atoms with E-state index in [1.54, 1.807) is 22.5 Å². The number of aromatic nitrogens is 3. The summed E-state index contributed by atoms with van der Waals surface area (Å²) < 4.78 is 2.60. The van der Waals surface area contributed by atoms with Crippen molar-refractivity contribution in [2.24, 2.45) is 0 Å². The molecule has 1 N–H and O–H groups in total. The molecule has 1 aromatic heterocycles. The maximum atomic E-state index is 13.1. The Balaban J connectivity index is 2.00. The highest BCUT2D eigenvalue weighted by Crippen LogP contribution is 2.27. The second-order valence-electron chi connectivity index (χ2n) is 5.78. The molecule has 3 aromatic rings. The third kappa shape index (κ3) is 4.54. The number of hydrogen-bond acceptors (Lipinski definition) is 4. The number of rotatable bonds is 6. The van der Waals surface area contributed by atoms with Crippen LogP contribution < -0.4 is 5.32 Å². The van der Waals surface area contributed by atoms with Crippen LogP contribution >= 0.6 is 39.3 Å². The van der Waals surface area contributed by atoms with Gasteiger partial charge in [0, 0.05) is 20.7 Å². The first-order valence-electron chi connectivity index (χ1n) is 8.35. The number of carbonyl (C=O) groups excluding carboxylic acids is 1. The third-order valence-corrected chi connectivity index (χ3v) is 5.77. The SMILES string of the molecule is CCSCn1nnc(-c2ccc(Br)cc2)c1C(=O)Nc1cccc(Cl)c1C. The minimum atomic E-state index is -0.264. The topological polar surface area (TPSA) is 59.8 Å². The average Bonchev–Trinajstić information content (AvgIpc) is 3.08. The second kappa shape index (κ2) is 8.91. The van der Waals surface area contributed by atoms with Crippen LogP contribution in [0.4, 0.5) is 5.69 Å². The summed E-state index contributed by atoms with van der Waals surface area (Å²) >= 11 is 11.3. The number of anilines is 1. The van der Waals surface area contributed by atoms with Gasteiger partial charge in [-0.2, -0.15) is 0 Å². The molecule has 0 aliphatic rings. The lowest BCUT2D eigenvalue weighted by molar-refractivity contribution is 0.101. The van der Waals surface area contributed by atoms with Crippen LogP contribution in [0.25, 0.3) is 11.3 Å². The first-order valence-corrected chi connectivity index (χ1v) is 10.7. The van der Waals surface area contributed by atoms with E-state index in [0.717, 1.165) is 21.4 Å². The van der Waals surface area contributed by atoms with Crippen molar-refractivity contribution in [3.63, 3.8) is 0 Å². The Morgan fingerprint density at radius 1 is 1.26 bits per heavy atom. The van der Waals surface area contributed by atoms with Crippen molar-refractivity contribution < 1.29 is 4.79 Å². The zero-order valence-electron chi connectivity index (χ0n) is 14.9. The van der Waals surface area contributed by atoms with E-state index in [1.807, 2.05) is 43.3 Å². The smallest absolute Gasteiger partial charge is 0.276 e. The molecule has 0 bridgehead atoms. The Bertz CT molecular complexity index is 959. The molecule has 0 spiro atoms. The summed E-state index contributed by atoms with van der Waals surface area (Å²) in [5.74, 6) is 1.21. The van der Waals surface area contributed by atoms with Gasteiger partial charge in [0.25, 0.3) is 5.91 Å². The van der Waals surface area contributed by atoms with Gasteiger partial charge in [-0.15, -0.1) is 16.9 Å². The summed E-state index contributed by atoms with van der Waals surface area (Å²) in [5.41, 5.74) is 3.30. The molecule has 140 valence electrons. The van der Waals surface area contributed by atoms with E-state index in [2.05, 4.69) is 38.5 Å². The van der Waals surface area contributed by atoms with Crippen LogP contribution in [0.1, 0.15) is 23.0 Å². The van der Waals surface area contributed by atoms with Gasteiger partial charge in [0.05, 0.1) is 5.88 Å². The lowest BCUT2D eigenvalue weighted by Crippen LogP contribution is -2.19. The van der Waals surface area contributed by atoms with E-state index in [9.17, 15) is 4.79 Å².